The zero-order valence-corrected chi connectivity index (χ0v) is 13.5. The normalized spacial score (nSPS) is 36.9. The van der Waals surface area contributed by atoms with Crippen LogP contribution in [0.4, 0.5) is 0 Å². The Kier molecular flexibility index (Phi) is 5.30. The average Bonchev–Trinajstić information content (AvgIpc) is 2.65. The van der Waals surface area contributed by atoms with E-state index < -0.39 is 0 Å². The predicted molar refractivity (Wildman–Crippen MR) is 83.5 cm³/mol. The van der Waals surface area contributed by atoms with Crippen molar-refractivity contribution in [2.75, 3.05) is 13.1 Å². The van der Waals surface area contributed by atoms with E-state index in [1.165, 1.54) is 58.0 Å². The molecule has 0 radical (unpaired) electrons. The van der Waals surface area contributed by atoms with E-state index in [1.54, 1.807) is 0 Å². The van der Waals surface area contributed by atoms with Crippen LogP contribution < -0.4 is 5.32 Å². The van der Waals surface area contributed by atoms with E-state index in [2.05, 4.69) is 37.9 Å². The summed E-state index contributed by atoms with van der Waals surface area (Å²) in [6.45, 7) is 12.0. The maximum Gasteiger partial charge on any atom is 0.0304 e. The van der Waals surface area contributed by atoms with Gasteiger partial charge in [-0.1, -0.05) is 33.6 Å². The van der Waals surface area contributed by atoms with Crippen LogP contribution in [0.25, 0.3) is 0 Å². The third-order valence-electron chi connectivity index (χ3n) is 5.87. The van der Waals surface area contributed by atoms with Crippen LogP contribution in [0, 0.1) is 5.92 Å². The van der Waals surface area contributed by atoms with E-state index >= 15 is 0 Å². The number of piperazine rings is 1. The highest BCUT2D eigenvalue weighted by Crippen LogP contribution is 2.31. The molecular formula is C17H34N2. The SMILES string of the molecule is CCC1(CC)CN(C2CCCC(C)CC2)C(C)CN1. The van der Waals surface area contributed by atoms with E-state index in [1.807, 2.05) is 0 Å². The summed E-state index contributed by atoms with van der Waals surface area (Å²) in [4.78, 5) is 2.85. The second-order valence-electron chi connectivity index (χ2n) is 7.16. The van der Waals surface area contributed by atoms with Crippen molar-refractivity contribution in [1.82, 2.24) is 10.2 Å². The Bertz CT molecular complexity index is 272. The van der Waals surface area contributed by atoms with Gasteiger partial charge in [0.15, 0.2) is 0 Å². The van der Waals surface area contributed by atoms with Crippen molar-refractivity contribution < 1.29 is 0 Å². The van der Waals surface area contributed by atoms with Gasteiger partial charge in [-0.2, -0.15) is 0 Å². The molecule has 0 aromatic carbocycles. The van der Waals surface area contributed by atoms with Crippen LogP contribution in [-0.2, 0) is 0 Å². The first kappa shape index (κ1) is 15.3. The molecule has 19 heavy (non-hydrogen) atoms. The van der Waals surface area contributed by atoms with Gasteiger partial charge in [0.05, 0.1) is 0 Å². The van der Waals surface area contributed by atoms with Crippen LogP contribution in [0.5, 0.6) is 0 Å². The summed E-state index contributed by atoms with van der Waals surface area (Å²) in [6, 6.07) is 1.56. The molecule has 0 bridgehead atoms. The Labute approximate surface area is 120 Å². The largest absolute Gasteiger partial charge is 0.308 e. The minimum atomic E-state index is 0.379. The molecule has 1 aliphatic heterocycles. The van der Waals surface area contributed by atoms with Gasteiger partial charge in [-0.05, 0) is 44.9 Å². The molecule has 112 valence electrons. The summed E-state index contributed by atoms with van der Waals surface area (Å²) in [5.74, 6) is 0.949. The van der Waals surface area contributed by atoms with Crippen LogP contribution in [0.1, 0.15) is 72.6 Å². The highest BCUT2D eigenvalue weighted by Gasteiger charge is 2.38. The van der Waals surface area contributed by atoms with Gasteiger partial charge in [-0.25, -0.2) is 0 Å². The minimum Gasteiger partial charge on any atom is -0.308 e. The average molecular weight is 266 g/mol. The molecule has 0 aromatic rings. The Morgan fingerprint density at radius 2 is 1.79 bits per heavy atom. The van der Waals surface area contributed by atoms with Gasteiger partial charge in [-0.3, -0.25) is 4.90 Å². The topological polar surface area (TPSA) is 15.3 Å². The quantitative estimate of drug-likeness (QED) is 0.782. The first-order valence-electron chi connectivity index (χ1n) is 8.61. The summed E-state index contributed by atoms with van der Waals surface area (Å²) >= 11 is 0. The van der Waals surface area contributed by atoms with E-state index in [4.69, 9.17) is 0 Å². The van der Waals surface area contributed by atoms with Gasteiger partial charge in [0, 0.05) is 30.7 Å². The maximum absolute atomic E-state index is 3.83. The lowest BCUT2D eigenvalue weighted by Gasteiger charge is -2.49. The fraction of sp³-hybridized carbons (Fsp3) is 1.00. The predicted octanol–water partition coefficient (Wildman–Crippen LogP) is 3.81. The van der Waals surface area contributed by atoms with Crippen LogP contribution in [0.15, 0.2) is 0 Å². The molecule has 2 fully saturated rings. The van der Waals surface area contributed by atoms with Crippen molar-refractivity contribution in [2.45, 2.75) is 90.3 Å². The summed E-state index contributed by atoms with van der Waals surface area (Å²) in [6.07, 6.45) is 9.70. The zero-order chi connectivity index (χ0) is 13.9. The van der Waals surface area contributed by atoms with Crippen molar-refractivity contribution in [3.8, 4) is 0 Å². The van der Waals surface area contributed by atoms with Crippen molar-refractivity contribution in [1.29, 1.82) is 0 Å². The lowest BCUT2D eigenvalue weighted by atomic mass is 9.87. The number of hydrogen-bond acceptors (Lipinski definition) is 2. The number of rotatable bonds is 3. The van der Waals surface area contributed by atoms with Gasteiger partial charge in [0.2, 0.25) is 0 Å². The maximum atomic E-state index is 3.83. The molecule has 1 aliphatic carbocycles. The number of nitrogens with one attached hydrogen (secondary N) is 1. The van der Waals surface area contributed by atoms with Gasteiger partial charge < -0.3 is 5.32 Å². The molecule has 0 aromatic heterocycles. The Morgan fingerprint density at radius 1 is 1.05 bits per heavy atom. The molecule has 2 nitrogen and oxygen atoms in total. The third kappa shape index (κ3) is 3.52. The molecule has 3 unspecified atom stereocenters. The molecule has 2 rings (SSSR count). The van der Waals surface area contributed by atoms with E-state index in [0.29, 0.717) is 11.6 Å². The lowest BCUT2D eigenvalue weighted by molar-refractivity contribution is 0.0380. The number of nitrogens with zero attached hydrogens (tertiary/aromatic N) is 1. The summed E-state index contributed by atoms with van der Waals surface area (Å²) in [5, 5.41) is 3.83. The second kappa shape index (κ2) is 6.58. The fourth-order valence-electron chi connectivity index (χ4n) is 4.05. The molecule has 2 aliphatic rings. The first-order chi connectivity index (χ1) is 9.10. The van der Waals surface area contributed by atoms with Crippen molar-refractivity contribution in [3.63, 3.8) is 0 Å². The zero-order valence-electron chi connectivity index (χ0n) is 13.5. The first-order valence-corrected chi connectivity index (χ1v) is 8.61. The Morgan fingerprint density at radius 3 is 2.47 bits per heavy atom. The van der Waals surface area contributed by atoms with Gasteiger partial charge in [0.1, 0.15) is 0 Å². The van der Waals surface area contributed by atoms with E-state index in [9.17, 15) is 0 Å². The number of hydrogen-bond donors (Lipinski definition) is 1. The standard InChI is InChI=1S/C17H34N2/c1-5-17(6-2)13-19(15(4)12-18-17)16-9-7-8-14(3)10-11-16/h14-16,18H,5-13H2,1-4H3. The van der Waals surface area contributed by atoms with E-state index in [0.717, 1.165) is 12.0 Å². The minimum absolute atomic E-state index is 0.379. The Balaban J connectivity index is 2.03. The molecular weight excluding hydrogens is 232 g/mol. The van der Waals surface area contributed by atoms with Gasteiger partial charge >= 0.3 is 0 Å². The van der Waals surface area contributed by atoms with Gasteiger partial charge in [-0.15, -0.1) is 0 Å². The molecule has 2 heteroatoms. The van der Waals surface area contributed by atoms with Crippen LogP contribution in [0.2, 0.25) is 0 Å². The Hall–Kier alpha value is -0.0800. The van der Waals surface area contributed by atoms with Crippen molar-refractivity contribution >= 4 is 0 Å². The molecule has 3 atom stereocenters. The highest BCUT2D eigenvalue weighted by atomic mass is 15.3. The van der Waals surface area contributed by atoms with Crippen LogP contribution in [-0.4, -0.2) is 35.6 Å². The fourth-order valence-corrected chi connectivity index (χ4v) is 4.05. The molecule has 0 amide bonds. The van der Waals surface area contributed by atoms with Crippen molar-refractivity contribution in [2.24, 2.45) is 5.92 Å². The molecule has 1 heterocycles. The van der Waals surface area contributed by atoms with Crippen LogP contribution >= 0.6 is 0 Å². The van der Waals surface area contributed by atoms with Gasteiger partial charge in [0.25, 0.3) is 0 Å². The lowest BCUT2D eigenvalue weighted by Crippen LogP contribution is -2.65. The molecule has 1 N–H and O–H groups in total. The van der Waals surface area contributed by atoms with Crippen molar-refractivity contribution in [3.05, 3.63) is 0 Å². The smallest absolute Gasteiger partial charge is 0.0304 e. The highest BCUT2D eigenvalue weighted by molar-refractivity contribution is 4.97. The summed E-state index contributed by atoms with van der Waals surface area (Å²) in [7, 11) is 0. The molecule has 1 saturated carbocycles. The monoisotopic (exact) mass is 266 g/mol. The summed E-state index contributed by atoms with van der Waals surface area (Å²) in [5.41, 5.74) is 0.379. The third-order valence-corrected chi connectivity index (χ3v) is 5.87. The summed E-state index contributed by atoms with van der Waals surface area (Å²) < 4.78 is 0. The second-order valence-corrected chi connectivity index (χ2v) is 7.16. The van der Waals surface area contributed by atoms with E-state index in [-0.39, 0.29) is 0 Å². The molecule has 1 saturated heterocycles. The van der Waals surface area contributed by atoms with Crippen LogP contribution in [0.3, 0.4) is 0 Å². The molecule has 0 spiro atoms.